The molecule has 1 aliphatic heterocycles. The number of piperidine rings is 1. The van der Waals surface area contributed by atoms with Gasteiger partial charge in [0.15, 0.2) is 0 Å². The molecule has 1 aromatic heterocycles. The molecule has 1 aromatic rings. The van der Waals surface area contributed by atoms with Crippen LogP contribution in [0.4, 0.5) is 0 Å². The predicted molar refractivity (Wildman–Crippen MR) is 63.4 cm³/mol. The molecule has 1 fully saturated rings. The average molecular weight is 270 g/mol. The van der Waals surface area contributed by atoms with Crippen LogP contribution in [0.5, 0.6) is 0 Å². The highest BCUT2D eigenvalue weighted by Gasteiger charge is 2.37. The van der Waals surface area contributed by atoms with Crippen LogP contribution in [-0.4, -0.2) is 41.4 Å². The first-order valence-electron chi connectivity index (χ1n) is 5.68. The Kier molecular flexibility index (Phi) is 3.63. The Balaban J connectivity index is 2.36. The van der Waals surface area contributed by atoms with Gasteiger partial charge < -0.3 is 5.11 Å². The van der Waals surface area contributed by atoms with Gasteiger partial charge in [0.05, 0.1) is 0 Å². The highest BCUT2D eigenvalue weighted by molar-refractivity contribution is 7.89. The second-order valence-electron chi connectivity index (χ2n) is 4.15. The number of sulfonamides is 1. The first-order chi connectivity index (χ1) is 8.53. The summed E-state index contributed by atoms with van der Waals surface area (Å²) in [6.07, 6.45) is 4.49. The molecular formula is C11H14N2O4S. The number of carboxylic acids is 1. The quantitative estimate of drug-likeness (QED) is 0.874. The summed E-state index contributed by atoms with van der Waals surface area (Å²) < 4.78 is 25.7. The van der Waals surface area contributed by atoms with E-state index in [1.54, 1.807) is 0 Å². The fourth-order valence-corrected chi connectivity index (χ4v) is 3.69. The van der Waals surface area contributed by atoms with Crippen molar-refractivity contribution in [2.45, 2.75) is 30.2 Å². The Morgan fingerprint density at radius 3 is 2.83 bits per heavy atom. The van der Waals surface area contributed by atoms with Crippen molar-refractivity contribution in [3.05, 3.63) is 24.5 Å². The van der Waals surface area contributed by atoms with Gasteiger partial charge in [-0.2, -0.15) is 4.31 Å². The van der Waals surface area contributed by atoms with E-state index in [1.165, 1.54) is 24.5 Å². The van der Waals surface area contributed by atoms with Crippen LogP contribution in [0.25, 0.3) is 0 Å². The summed E-state index contributed by atoms with van der Waals surface area (Å²) in [4.78, 5) is 14.9. The summed E-state index contributed by atoms with van der Waals surface area (Å²) in [5.74, 6) is -1.10. The maximum absolute atomic E-state index is 12.3. The van der Waals surface area contributed by atoms with Crippen LogP contribution in [0.1, 0.15) is 19.3 Å². The average Bonchev–Trinajstić information content (AvgIpc) is 2.39. The number of rotatable bonds is 3. The van der Waals surface area contributed by atoms with Crippen molar-refractivity contribution in [1.29, 1.82) is 0 Å². The molecule has 6 nitrogen and oxygen atoms in total. The third-order valence-corrected chi connectivity index (χ3v) is 4.87. The van der Waals surface area contributed by atoms with Gasteiger partial charge in [-0.3, -0.25) is 9.78 Å². The number of hydrogen-bond donors (Lipinski definition) is 1. The van der Waals surface area contributed by atoms with Crippen molar-refractivity contribution in [1.82, 2.24) is 9.29 Å². The van der Waals surface area contributed by atoms with E-state index in [9.17, 15) is 13.2 Å². The van der Waals surface area contributed by atoms with Gasteiger partial charge in [0.1, 0.15) is 10.9 Å². The van der Waals surface area contributed by atoms with Gasteiger partial charge in [-0.15, -0.1) is 0 Å². The maximum Gasteiger partial charge on any atom is 0.322 e. The molecule has 0 radical (unpaired) electrons. The van der Waals surface area contributed by atoms with Gasteiger partial charge >= 0.3 is 5.97 Å². The predicted octanol–water partition coefficient (Wildman–Crippen LogP) is 0.709. The van der Waals surface area contributed by atoms with Gasteiger partial charge in [0, 0.05) is 18.9 Å². The zero-order chi connectivity index (χ0) is 13.2. The van der Waals surface area contributed by atoms with Crippen LogP contribution < -0.4 is 0 Å². The number of nitrogens with zero attached hydrogens (tertiary/aromatic N) is 2. The molecule has 2 heterocycles. The Morgan fingerprint density at radius 1 is 1.44 bits per heavy atom. The minimum atomic E-state index is -3.77. The Bertz CT molecular complexity index is 529. The Hall–Kier alpha value is -1.47. The number of aromatic nitrogens is 1. The molecule has 1 aliphatic rings. The monoisotopic (exact) mass is 270 g/mol. The van der Waals surface area contributed by atoms with Crippen molar-refractivity contribution in [3.8, 4) is 0 Å². The minimum absolute atomic E-state index is 0.0400. The second kappa shape index (κ2) is 5.03. The molecule has 0 aliphatic carbocycles. The molecule has 7 heteroatoms. The number of hydrogen-bond acceptors (Lipinski definition) is 4. The summed E-state index contributed by atoms with van der Waals surface area (Å²) in [7, 11) is -3.77. The summed E-state index contributed by atoms with van der Waals surface area (Å²) in [5.41, 5.74) is 0. The molecule has 1 unspecified atom stereocenters. The smallest absolute Gasteiger partial charge is 0.322 e. The lowest BCUT2D eigenvalue weighted by atomic mass is 10.1. The van der Waals surface area contributed by atoms with E-state index in [-0.39, 0.29) is 11.4 Å². The van der Waals surface area contributed by atoms with E-state index in [1.807, 2.05) is 0 Å². The highest BCUT2D eigenvalue weighted by atomic mass is 32.2. The zero-order valence-corrected chi connectivity index (χ0v) is 10.5. The molecule has 0 spiro atoms. The Labute approximate surface area is 105 Å². The van der Waals surface area contributed by atoms with E-state index < -0.39 is 22.0 Å². The summed E-state index contributed by atoms with van der Waals surface area (Å²) in [6, 6.07) is 1.98. The molecular weight excluding hydrogens is 256 g/mol. The van der Waals surface area contributed by atoms with E-state index in [0.29, 0.717) is 12.8 Å². The molecule has 98 valence electrons. The van der Waals surface area contributed by atoms with E-state index >= 15 is 0 Å². The van der Waals surface area contributed by atoms with Gasteiger partial charge in [-0.25, -0.2) is 8.42 Å². The summed E-state index contributed by atoms with van der Waals surface area (Å²) in [6.45, 7) is 0.244. The topological polar surface area (TPSA) is 87.6 Å². The van der Waals surface area contributed by atoms with Gasteiger partial charge in [-0.1, -0.05) is 0 Å². The first-order valence-corrected chi connectivity index (χ1v) is 7.12. The molecule has 1 atom stereocenters. The number of pyridine rings is 1. The van der Waals surface area contributed by atoms with Crippen LogP contribution in [0.15, 0.2) is 29.4 Å². The minimum Gasteiger partial charge on any atom is -0.480 e. The lowest BCUT2D eigenvalue weighted by molar-refractivity contribution is -0.142. The van der Waals surface area contributed by atoms with Gasteiger partial charge in [-0.05, 0) is 31.4 Å². The highest BCUT2D eigenvalue weighted by Crippen LogP contribution is 2.24. The fraction of sp³-hybridized carbons (Fsp3) is 0.455. The molecule has 0 aromatic carbocycles. The lowest BCUT2D eigenvalue weighted by Crippen LogP contribution is -2.47. The summed E-state index contributed by atoms with van der Waals surface area (Å²) >= 11 is 0. The summed E-state index contributed by atoms with van der Waals surface area (Å²) in [5, 5.41) is 9.10. The molecule has 18 heavy (non-hydrogen) atoms. The molecule has 0 amide bonds. The van der Waals surface area contributed by atoms with E-state index in [4.69, 9.17) is 5.11 Å². The van der Waals surface area contributed by atoms with Crippen molar-refractivity contribution >= 4 is 16.0 Å². The fourth-order valence-electron chi connectivity index (χ4n) is 2.07. The largest absolute Gasteiger partial charge is 0.480 e. The molecule has 0 saturated carbocycles. The van der Waals surface area contributed by atoms with E-state index in [2.05, 4.69) is 4.98 Å². The van der Waals surface area contributed by atoms with E-state index in [0.717, 1.165) is 10.7 Å². The normalized spacial score (nSPS) is 21.7. The third-order valence-electron chi connectivity index (χ3n) is 2.98. The Morgan fingerprint density at radius 2 is 2.22 bits per heavy atom. The zero-order valence-electron chi connectivity index (χ0n) is 9.69. The number of aliphatic carboxylic acids is 1. The molecule has 1 saturated heterocycles. The SMILES string of the molecule is O=C(O)C1CCCCN1S(=O)(=O)c1cccnc1. The lowest BCUT2D eigenvalue weighted by Gasteiger charge is -2.31. The number of carbonyl (C=O) groups is 1. The van der Waals surface area contributed by atoms with Crippen LogP contribution in [0.3, 0.4) is 0 Å². The van der Waals surface area contributed by atoms with Gasteiger partial charge in [0.25, 0.3) is 0 Å². The number of carboxylic acid groups (broad SMARTS) is 1. The molecule has 1 N–H and O–H groups in total. The van der Waals surface area contributed by atoms with Gasteiger partial charge in [0.2, 0.25) is 10.0 Å². The third kappa shape index (κ3) is 2.37. The standard InChI is InChI=1S/C11H14N2O4S/c14-11(15)10-5-1-2-7-13(10)18(16,17)9-4-3-6-12-8-9/h3-4,6,8,10H,1-2,5,7H2,(H,14,15). The van der Waals surface area contributed by atoms with Crippen LogP contribution in [0.2, 0.25) is 0 Å². The molecule has 2 rings (SSSR count). The molecule has 0 bridgehead atoms. The van der Waals surface area contributed by atoms with Crippen molar-refractivity contribution in [2.24, 2.45) is 0 Å². The van der Waals surface area contributed by atoms with Crippen LogP contribution in [0, 0.1) is 0 Å². The van der Waals surface area contributed by atoms with Crippen molar-refractivity contribution in [3.63, 3.8) is 0 Å². The van der Waals surface area contributed by atoms with Crippen molar-refractivity contribution < 1.29 is 18.3 Å². The van der Waals surface area contributed by atoms with Crippen LogP contribution >= 0.6 is 0 Å². The van der Waals surface area contributed by atoms with Crippen LogP contribution in [-0.2, 0) is 14.8 Å². The first kappa shape index (κ1) is 13.0. The maximum atomic E-state index is 12.3. The van der Waals surface area contributed by atoms with Crippen molar-refractivity contribution in [2.75, 3.05) is 6.54 Å². The second-order valence-corrected chi connectivity index (χ2v) is 6.04.